The van der Waals surface area contributed by atoms with Gasteiger partial charge >= 0.3 is 0 Å². The summed E-state index contributed by atoms with van der Waals surface area (Å²) in [6.45, 7) is 6.04. The largest absolute Gasteiger partial charge is 0.398 e. The minimum Gasteiger partial charge on any atom is -0.398 e. The Morgan fingerprint density at radius 2 is 2.11 bits per heavy atom. The van der Waals surface area contributed by atoms with Crippen LogP contribution in [0.25, 0.3) is 0 Å². The van der Waals surface area contributed by atoms with Crippen molar-refractivity contribution in [3.63, 3.8) is 0 Å². The monoisotopic (exact) mass is 277 g/mol. The summed E-state index contributed by atoms with van der Waals surface area (Å²) in [5, 5.41) is 4.41. The number of nitrogens with zero attached hydrogens (tertiary/aromatic N) is 2. The van der Waals surface area contributed by atoms with E-state index in [9.17, 15) is 4.21 Å². The number of aromatic nitrogens is 2. The van der Waals surface area contributed by atoms with E-state index in [1.807, 2.05) is 42.1 Å². The highest BCUT2D eigenvalue weighted by atomic mass is 32.2. The van der Waals surface area contributed by atoms with E-state index in [-0.39, 0.29) is 0 Å². The van der Waals surface area contributed by atoms with Crippen molar-refractivity contribution >= 4 is 16.5 Å². The van der Waals surface area contributed by atoms with Crippen LogP contribution in [0.4, 0.5) is 5.69 Å². The standard InChI is InChI=1S/C14H19N3OS/c1-10(2)17-8-7-12(16-17)9-19(18)13-6-4-5-11(3)14(13)15/h4-8,10H,9,15H2,1-3H3. The molecule has 2 rings (SSSR count). The van der Waals surface area contributed by atoms with Crippen LogP contribution in [0.5, 0.6) is 0 Å². The molecule has 0 saturated heterocycles. The van der Waals surface area contributed by atoms with Crippen LogP contribution in [-0.2, 0) is 16.6 Å². The number of aryl methyl sites for hydroxylation is 1. The molecule has 4 nitrogen and oxygen atoms in total. The van der Waals surface area contributed by atoms with Crippen LogP contribution >= 0.6 is 0 Å². The third-order valence-electron chi connectivity index (χ3n) is 3.00. The van der Waals surface area contributed by atoms with Gasteiger partial charge in [-0.1, -0.05) is 12.1 Å². The zero-order valence-electron chi connectivity index (χ0n) is 11.5. The lowest BCUT2D eigenvalue weighted by Crippen LogP contribution is -2.05. The zero-order chi connectivity index (χ0) is 14.0. The molecule has 0 bridgehead atoms. The minimum absolute atomic E-state index is 0.311. The third-order valence-corrected chi connectivity index (χ3v) is 4.41. The van der Waals surface area contributed by atoms with Crippen molar-refractivity contribution in [1.29, 1.82) is 0 Å². The number of hydrogen-bond acceptors (Lipinski definition) is 3. The zero-order valence-corrected chi connectivity index (χ0v) is 12.3. The van der Waals surface area contributed by atoms with Crippen molar-refractivity contribution in [2.45, 2.75) is 37.5 Å². The van der Waals surface area contributed by atoms with Crippen molar-refractivity contribution in [3.8, 4) is 0 Å². The van der Waals surface area contributed by atoms with Crippen molar-refractivity contribution in [3.05, 3.63) is 41.7 Å². The summed E-state index contributed by atoms with van der Waals surface area (Å²) < 4.78 is 14.2. The predicted octanol–water partition coefficient (Wildman–Crippen LogP) is 2.66. The van der Waals surface area contributed by atoms with E-state index < -0.39 is 10.8 Å². The lowest BCUT2D eigenvalue weighted by Gasteiger charge is -2.07. The van der Waals surface area contributed by atoms with Gasteiger partial charge in [-0.05, 0) is 38.5 Å². The lowest BCUT2D eigenvalue weighted by molar-refractivity contribution is 0.528. The van der Waals surface area contributed by atoms with Crippen LogP contribution in [0.2, 0.25) is 0 Å². The molecule has 2 aromatic rings. The van der Waals surface area contributed by atoms with Crippen LogP contribution in [0, 0.1) is 6.92 Å². The first kappa shape index (κ1) is 13.8. The Labute approximate surface area is 116 Å². The summed E-state index contributed by atoms with van der Waals surface area (Å²) in [5.41, 5.74) is 8.37. The van der Waals surface area contributed by atoms with E-state index in [1.54, 1.807) is 0 Å². The number of anilines is 1. The van der Waals surface area contributed by atoms with Crippen LogP contribution < -0.4 is 5.73 Å². The Morgan fingerprint density at radius 1 is 1.37 bits per heavy atom. The molecule has 5 heteroatoms. The molecule has 1 aromatic carbocycles. The van der Waals surface area contributed by atoms with Gasteiger partial charge in [0, 0.05) is 12.2 Å². The highest BCUT2D eigenvalue weighted by Gasteiger charge is 2.12. The summed E-state index contributed by atoms with van der Waals surface area (Å²) in [7, 11) is -1.16. The van der Waals surface area contributed by atoms with E-state index in [1.165, 1.54) is 0 Å². The van der Waals surface area contributed by atoms with Crippen LogP contribution in [0.1, 0.15) is 31.1 Å². The molecule has 1 unspecified atom stereocenters. The third kappa shape index (κ3) is 3.04. The normalized spacial score (nSPS) is 12.8. The Bertz CT molecular complexity index is 604. The molecule has 0 saturated carbocycles. The molecule has 0 aliphatic heterocycles. The molecule has 2 N–H and O–H groups in total. The topological polar surface area (TPSA) is 60.9 Å². The fourth-order valence-electron chi connectivity index (χ4n) is 1.81. The molecule has 102 valence electrons. The summed E-state index contributed by atoms with van der Waals surface area (Å²) in [4.78, 5) is 0.694. The van der Waals surface area contributed by atoms with Crippen molar-refractivity contribution in [2.24, 2.45) is 0 Å². The Hall–Kier alpha value is -1.62. The lowest BCUT2D eigenvalue weighted by atomic mass is 10.2. The predicted molar refractivity (Wildman–Crippen MR) is 78.3 cm³/mol. The number of rotatable bonds is 4. The Kier molecular flexibility index (Phi) is 4.04. The summed E-state index contributed by atoms with van der Waals surface area (Å²) in [6, 6.07) is 7.84. The molecule has 19 heavy (non-hydrogen) atoms. The first-order valence-electron chi connectivity index (χ1n) is 6.26. The fraction of sp³-hybridized carbons (Fsp3) is 0.357. The SMILES string of the molecule is Cc1cccc(S(=O)Cc2ccn(C(C)C)n2)c1N. The first-order valence-corrected chi connectivity index (χ1v) is 7.58. The van der Waals surface area contributed by atoms with Gasteiger partial charge in [0.2, 0.25) is 0 Å². The molecule has 0 spiro atoms. The second kappa shape index (κ2) is 5.57. The van der Waals surface area contributed by atoms with Crippen molar-refractivity contribution in [1.82, 2.24) is 9.78 Å². The summed E-state index contributed by atoms with van der Waals surface area (Å²) in [5.74, 6) is 0.396. The highest BCUT2D eigenvalue weighted by Crippen LogP contribution is 2.22. The van der Waals surface area contributed by atoms with Gasteiger partial charge in [0.1, 0.15) is 0 Å². The van der Waals surface area contributed by atoms with E-state index in [2.05, 4.69) is 18.9 Å². The molecule has 1 atom stereocenters. The number of benzene rings is 1. The van der Waals surface area contributed by atoms with Crippen LogP contribution in [-0.4, -0.2) is 14.0 Å². The van der Waals surface area contributed by atoms with E-state index >= 15 is 0 Å². The van der Waals surface area contributed by atoms with Gasteiger partial charge < -0.3 is 5.73 Å². The van der Waals surface area contributed by atoms with Crippen molar-refractivity contribution in [2.75, 3.05) is 5.73 Å². The van der Waals surface area contributed by atoms with Gasteiger partial charge in [0.25, 0.3) is 0 Å². The van der Waals surface area contributed by atoms with Gasteiger partial charge in [-0.3, -0.25) is 8.89 Å². The van der Waals surface area contributed by atoms with Crippen molar-refractivity contribution < 1.29 is 4.21 Å². The number of para-hydroxylation sites is 1. The summed E-state index contributed by atoms with van der Waals surface area (Å²) >= 11 is 0. The molecule has 0 amide bonds. The maximum atomic E-state index is 12.3. The maximum Gasteiger partial charge on any atom is 0.0753 e. The van der Waals surface area contributed by atoms with Gasteiger partial charge in [0.15, 0.2) is 0 Å². The Balaban J connectivity index is 2.18. The molecule has 0 aliphatic rings. The van der Waals surface area contributed by atoms with E-state index in [4.69, 9.17) is 5.73 Å². The molecule has 1 aromatic heterocycles. The van der Waals surface area contributed by atoms with Crippen LogP contribution in [0.3, 0.4) is 0 Å². The average Bonchev–Trinajstić information content (AvgIpc) is 2.81. The summed E-state index contributed by atoms with van der Waals surface area (Å²) in [6.07, 6.45) is 1.91. The second-order valence-corrected chi connectivity index (χ2v) is 6.28. The number of nitrogens with two attached hydrogens (primary N) is 1. The van der Waals surface area contributed by atoms with Gasteiger partial charge in [-0.15, -0.1) is 0 Å². The van der Waals surface area contributed by atoms with E-state index in [0.29, 0.717) is 22.4 Å². The molecular formula is C14H19N3OS. The minimum atomic E-state index is -1.16. The highest BCUT2D eigenvalue weighted by molar-refractivity contribution is 7.84. The first-order chi connectivity index (χ1) is 8.99. The number of hydrogen-bond donors (Lipinski definition) is 1. The molecule has 1 heterocycles. The fourth-order valence-corrected chi connectivity index (χ4v) is 3.02. The van der Waals surface area contributed by atoms with Gasteiger partial charge in [-0.25, -0.2) is 0 Å². The quantitative estimate of drug-likeness (QED) is 0.874. The van der Waals surface area contributed by atoms with Crippen LogP contribution in [0.15, 0.2) is 35.4 Å². The van der Waals surface area contributed by atoms with E-state index in [0.717, 1.165) is 11.3 Å². The van der Waals surface area contributed by atoms with Gasteiger partial charge in [0.05, 0.1) is 32.8 Å². The molecule has 0 radical (unpaired) electrons. The second-order valence-electron chi connectivity index (χ2n) is 4.86. The molecule has 0 aliphatic carbocycles. The average molecular weight is 277 g/mol. The molecular weight excluding hydrogens is 258 g/mol. The number of nitrogen functional groups attached to an aromatic ring is 1. The molecule has 0 fully saturated rings. The maximum absolute atomic E-state index is 12.3. The smallest absolute Gasteiger partial charge is 0.0753 e. The Morgan fingerprint density at radius 3 is 2.74 bits per heavy atom. The van der Waals surface area contributed by atoms with Gasteiger partial charge in [-0.2, -0.15) is 5.10 Å².